The van der Waals surface area contributed by atoms with Crippen LogP contribution in [0.4, 0.5) is 0 Å². The van der Waals surface area contributed by atoms with Crippen LogP contribution in [0.2, 0.25) is 0 Å². The number of methoxy groups -OCH3 is 1. The van der Waals surface area contributed by atoms with Gasteiger partial charge in [-0.25, -0.2) is 0 Å². The van der Waals surface area contributed by atoms with Crippen molar-refractivity contribution >= 4 is 0 Å². The molecule has 0 amide bonds. The number of ether oxygens (including phenoxy) is 1. The number of nitrogens with zero attached hydrogens (tertiary/aromatic N) is 1. The summed E-state index contributed by atoms with van der Waals surface area (Å²) in [5, 5.41) is 23.9. The van der Waals surface area contributed by atoms with Crippen molar-refractivity contribution < 1.29 is 15.1 Å². The molecule has 0 saturated carbocycles. The maximum Gasteiger partial charge on any atom is 0.168 e. The van der Waals surface area contributed by atoms with Gasteiger partial charge in [-0.15, -0.1) is 10.3 Å². The maximum absolute atomic E-state index is 12.4. The SMILES string of the molecule is CCC1(CC)CC(O)(OC)CC(C)(C)N1[O]. The number of hydroxylamine groups is 2. The zero-order valence-corrected chi connectivity index (χ0v) is 11.0. The highest BCUT2D eigenvalue weighted by Gasteiger charge is 2.55. The van der Waals surface area contributed by atoms with Crippen LogP contribution in [0.1, 0.15) is 53.4 Å². The molecule has 1 fully saturated rings. The lowest BCUT2D eigenvalue weighted by Crippen LogP contribution is -2.66. The van der Waals surface area contributed by atoms with Crippen molar-refractivity contribution in [2.75, 3.05) is 7.11 Å². The number of rotatable bonds is 3. The van der Waals surface area contributed by atoms with Gasteiger partial charge >= 0.3 is 0 Å². The fourth-order valence-electron chi connectivity index (χ4n) is 2.97. The summed E-state index contributed by atoms with van der Waals surface area (Å²) in [6.45, 7) is 7.71. The van der Waals surface area contributed by atoms with Gasteiger partial charge in [0.1, 0.15) is 0 Å². The van der Waals surface area contributed by atoms with Crippen LogP contribution >= 0.6 is 0 Å². The molecule has 4 nitrogen and oxygen atoms in total. The quantitative estimate of drug-likeness (QED) is 0.755. The molecular weight excluding hydrogens is 206 g/mol. The molecule has 1 saturated heterocycles. The molecule has 0 bridgehead atoms. The summed E-state index contributed by atoms with van der Waals surface area (Å²) in [7, 11) is 1.51. The van der Waals surface area contributed by atoms with Crippen LogP contribution in [0.25, 0.3) is 0 Å². The summed E-state index contributed by atoms with van der Waals surface area (Å²) in [4.78, 5) is 0. The van der Waals surface area contributed by atoms with E-state index in [4.69, 9.17) is 4.74 Å². The van der Waals surface area contributed by atoms with E-state index >= 15 is 0 Å². The second kappa shape index (κ2) is 4.26. The van der Waals surface area contributed by atoms with Crippen molar-refractivity contribution in [3.63, 3.8) is 0 Å². The lowest BCUT2D eigenvalue weighted by atomic mass is 9.73. The first-order valence-corrected chi connectivity index (χ1v) is 6.00. The van der Waals surface area contributed by atoms with Gasteiger partial charge in [-0.3, -0.25) is 0 Å². The van der Waals surface area contributed by atoms with E-state index in [0.29, 0.717) is 12.8 Å². The Morgan fingerprint density at radius 1 is 1.25 bits per heavy atom. The van der Waals surface area contributed by atoms with Crippen molar-refractivity contribution in [2.24, 2.45) is 0 Å². The average molecular weight is 230 g/mol. The monoisotopic (exact) mass is 230 g/mol. The Kier molecular flexibility index (Phi) is 3.70. The lowest BCUT2D eigenvalue weighted by Gasteiger charge is -2.55. The van der Waals surface area contributed by atoms with E-state index in [1.165, 1.54) is 12.2 Å². The van der Waals surface area contributed by atoms with Crippen molar-refractivity contribution in [2.45, 2.75) is 70.2 Å². The van der Waals surface area contributed by atoms with Gasteiger partial charge in [0, 0.05) is 25.5 Å². The molecule has 1 aliphatic heterocycles. The largest absolute Gasteiger partial charge is 0.365 e. The van der Waals surface area contributed by atoms with Gasteiger partial charge in [-0.1, -0.05) is 13.8 Å². The summed E-state index contributed by atoms with van der Waals surface area (Å²) < 4.78 is 5.21. The Morgan fingerprint density at radius 2 is 1.75 bits per heavy atom. The first-order valence-electron chi connectivity index (χ1n) is 6.00. The molecule has 0 aromatic heterocycles. The van der Waals surface area contributed by atoms with Gasteiger partial charge in [-0.05, 0) is 26.7 Å². The summed E-state index contributed by atoms with van der Waals surface area (Å²) in [6.07, 6.45) is 2.18. The highest BCUT2D eigenvalue weighted by Crippen LogP contribution is 2.46. The predicted octanol–water partition coefficient (Wildman–Crippen LogP) is 2.10. The fourth-order valence-corrected chi connectivity index (χ4v) is 2.97. The van der Waals surface area contributed by atoms with E-state index in [-0.39, 0.29) is 0 Å². The molecule has 1 radical (unpaired) electrons. The minimum atomic E-state index is -1.17. The standard InChI is InChI=1S/C12H24NO3/c1-6-11(7-2)9-12(14,16-5)8-10(3,4)13(11)15/h14H,6-9H2,1-5H3. The Labute approximate surface area is 98.2 Å². The van der Waals surface area contributed by atoms with E-state index in [2.05, 4.69) is 0 Å². The lowest BCUT2D eigenvalue weighted by molar-refractivity contribution is -0.356. The van der Waals surface area contributed by atoms with Gasteiger partial charge in [0.2, 0.25) is 0 Å². The molecule has 16 heavy (non-hydrogen) atoms. The molecule has 1 unspecified atom stereocenters. The molecular formula is C12H24NO3. The van der Waals surface area contributed by atoms with Gasteiger partial charge in [-0.2, -0.15) is 0 Å². The number of aliphatic hydroxyl groups is 1. The first kappa shape index (κ1) is 13.9. The van der Waals surface area contributed by atoms with Crippen molar-refractivity contribution in [1.29, 1.82) is 0 Å². The maximum atomic E-state index is 12.4. The zero-order valence-electron chi connectivity index (χ0n) is 11.0. The molecule has 0 aromatic carbocycles. The van der Waals surface area contributed by atoms with E-state index in [1.54, 1.807) is 0 Å². The van der Waals surface area contributed by atoms with E-state index in [9.17, 15) is 10.3 Å². The molecule has 1 heterocycles. The molecule has 1 atom stereocenters. The summed E-state index contributed by atoms with van der Waals surface area (Å²) in [5.41, 5.74) is -1.10. The minimum absolute atomic E-state index is 0.349. The van der Waals surface area contributed by atoms with Gasteiger partial charge < -0.3 is 9.84 Å². The van der Waals surface area contributed by atoms with E-state index in [0.717, 1.165) is 12.8 Å². The zero-order chi connectivity index (χ0) is 12.6. The Morgan fingerprint density at radius 3 is 2.12 bits per heavy atom. The molecule has 4 heteroatoms. The third kappa shape index (κ3) is 2.12. The second-order valence-corrected chi connectivity index (χ2v) is 5.54. The average Bonchev–Trinajstić information content (AvgIpc) is 2.23. The molecule has 1 aliphatic rings. The van der Waals surface area contributed by atoms with Crippen molar-refractivity contribution in [3.8, 4) is 0 Å². The van der Waals surface area contributed by atoms with Crippen LogP contribution in [0.15, 0.2) is 0 Å². The molecule has 0 aromatic rings. The highest BCUT2D eigenvalue weighted by molar-refractivity contribution is 5.02. The van der Waals surface area contributed by atoms with Crippen LogP contribution in [-0.2, 0) is 9.94 Å². The Balaban J connectivity index is 3.10. The van der Waals surface area contributed by atoms with E-state index in [1.807, 2.05) is 27.7 Å². The van der Waals surface area contributed by atoms with Crippen molar-refractivity contribution in [3.05, 3.63) is 0 Å². The molecule has 1 N–H and O–H groups in total. The summed E-state index contributed by atoms with van der Waals surface area (Å²) >= 11 is 0. The Bertz CT molecular complexity index is 248. The van der Waals surface area contributed by atoms with Crippen molar-refractivity contribution in [1.82, 2.24) is 5.06 Å². The van der Waals surface area contributed by atoms with E-state index < -0.39 is 16.9 Å². The predicted molar refractivity (Wildman–Crippen MR) is 61.1 cm³/mol. The van der Waals surface area contributed by atoms with Crippen LogP contribution < -0.4 is 0 Å². The second-order valence-electron chi connectivity index (χ2n) is 5.54. The van der Waals surface area contributed by atoms with Gasteiger partial charge in [0.05, 0.1) is 5.54 Å². The minimum Gasteiger partial charge on any atom is -0.365 e. The van der Waals surface area contributed by atoms with Gasteiger partial charge in [0.15, 0.2) is 5.79 Å². The van der Waals surface area contributed by atoms with Crippen LogP contribution in [-0.4, -0.2) is 34.1 Å². The van der Waals surface area contributed by atoms with Crippen LogP contribution in [0, 0.1) is 0 Å². The Hall–Kier alpha value is -0.160. The number of piperidine rings is 1. The number of hydrogen-bond acceptors (Lipinski definition) is 3. The summed E-state index contributed by atoms with van der Waals surface area (Å²) in [5.74, 6) is -1.17. The molecule has 95 valence electrons. The number of hydrogen-bond donors (Lipinski definition) is 1. The highest BCUT2D eigenvalue weighted by atomic mass is 16.6. The van der Waals surface area contributed by atoms with Gasteiger partial charge in [0.25, 0.3) is 0 Å². The third-order valence-electron chi connectivity index (χ3n) is 3.99. The van der Waals surface area contributed by atoms with Crippen LogP contribution in [0.3, 0.4) is 0 Å². The first-order chi connectivity index (χ1) is 7.25. The fraction of sp³-hybridized carbons (Fsp3) is 1.00. The third-order valence-corrected chi connectivity index (χ3v) is 3.99. The molecule has 0 aliphatic carbocycles. The molecule has 0 spiro atoms. The topological polar surface area (TPSA) is 52.6 Å². The van der Waals surface area contributed by atoms with Crippen LogP contribution in [0.5, 0.6) is 0 Å². The molecule has 1 rings (SSSR count). The summed E-state index contributed by atoms with van der Waals surface area (Å²) in [6, 6.07) is 0. The smallest absolute Gasteiger partial charge is 0.168 e. The normalized spacial score (nSPS) is 33.9.